The Morgan fingerprint density at radius 3 is 1.83 bits per heavy atom. The lowest BCUT2D eigenvalue weighted by Crippen LogP contribution is -2.37. The van der Waals surface area contributed by atoms with E-state index in [0.717, 1.165) is 6.26 Å². The van der Waals surface area contributed by atoms with Gasteiger partial charge in [0.2, 0.25) is 20.0 Å². The molecule has 1 heterocycles. The van der Waals surface area contributed by atoms with Gasteiger partial charge in [0, 0.05) is 13.1 Å². The van der Waals surface area contributed by atoms with Crippen molar-refractivity contribution in [2.45, 2.75) is 11.1 Å². The molecule has 24 heavy (non-hydrogen) atoms. The van der Waals surface area contributed by atoms with Gasteiger partial charge in [0.25, 0.3) is 0 Å². The number of sulfonamides is 2. The zero-order valence-corrected chi connectivity index (χ0v) is 14.7. The molecule has 0 aromatic heterocycles. The quantitative estimate of drug-likeness (QED) is 0.825. The van der Waals surface area contributed by atoms with E-state index < -0.39 is 26.2 Å². The maximum absolute atomic E-state index is 13.0. The molecule has 0 amide bonds. The molecular weight excluding hydrogens is 348 g/mol. The largest absolute Gasteiger partial charge is 0.244 e. The Morgan fingerprint density at radius 1 is 0.792 bits per heavy atom. The fourth-order valence-corrected chi connectivity index (χ4v) is 5.53. The van der Waals surface area contributed by atoms with E-state index >= 15 is 0 Å². The number of nitrogens with zero attached hydrogens (tertiary/aromatic N) is 2. The topological polar surface area (TPSA) is 74.8 Å². The summed E-state index contributed by atoms with van der Waals surface area (Å²) in [6, 6.07) is 16.9. The van der Waals surface area contributed by atoms with Crippen molar-refractivity contribution < 1.29 is 16.8 Å². The van der Waals surface area contributed by atoms with Gasteiger partial charge in [0.15, 0.2) is 0 Å². The van der Waals surface area contributed by atoms with Crippen molar-refractivity contribution in [2.24, 2.45) is 0 Å². The highest BCUT2D eigenvalue weighted by atomic mass is 32.2. The second-order valence-electron chi connectivity index (χ2n) is 5.59. The summed E-state index contributed by atoms with van der Waals surface area (Å²) in [6.07, 6.45) is 0.230. The van der Waals surface area contributed by atoms with Crippen LogP contribution in [-0.2, 0) is 20.0 Å². The van der Waals surface area contributed by atoms with Crippen LogP contribution >= 0.6 is 0 Å². The van der Waals surface area contributed by atoms with E-state index in [9.17, 15) is 16.8 Å². The lowest BCUT2D eigenvalue weighted by atomic mass is 10.2. The van der Waals surface area contributed by atoms with E-state index in [1.807, 2.05) is 0 Å². The number of hydrogen-bond donors (Lipinski definition) is 0. The number of benzene rings is 2. The molecule has 0 spiro atoms. The summed E-state index contributed by atoms with van der Waals surface area (Å²) in [5, 5.41) is 0. The molecular formula is C16H18N2O4S2. The molecule has 1 unspecified atom stereocenters. The highest BCUT2D eigenvalue weighted by molar-refractivity contribution is 7.89. The van der Waals surface area contributed by atoms with E-state index in [0.29, 0.717) is 5.56 Å². The molecule has 6 nitrogen and oxygen atoms in total. The smallest absolute Gasteiger partial charge is 0.212 e. The number of hydrogen-bond acceptors (Lipinski definition) is 4. The molecule has 2 aromatic carbocycles. The third-order valence-electron chi connectivity index (χ3n) is 3.96. The fourth-order valence-electron chi connectivity index (χ4n) is 2.87. The van der Waals surface area contributed by atoms with Crippen molar-refractivity contribution in [3.05, 3.63) is 66.2 Å². The minimum absolute atomic E-state index is 0.115. The monoisotopic (exact) mass is 366 g/mol. The van der Waals surface area contributed by atoms with Crippen molar-refractivity contribution in [1.29, 1.82) is 0 Å². The Kier molecular flexibility index (Phi) is 4.48. The maximum Gasteiger partial charge on any atom is 0.244 e. The minimum atomic E-state index is -3.80. The van der Waals surface area contributed by atoms with Crippen molar-refractivity contribution in [2.75, 3.05) is 19.3 Å². The maximum atomic E-state index is 13.0. The van der Waals surface area contributed by atoms with Crippen molar-refractivity contribution >= 4 is 20.0 Å². The third-order valence-corrected chi connectivity index (χ3v) is 7.06. The van der Waals surface area contributed by atoms with Crippen molar-refractivity contribution in [3.8, 4) is 0 Å². The lowest BCUT2D eigenvalue weighted by Gasteiger charge is -2.28. The summed E-state index contributed by atoms with van der Waals surface area (Å²) in [5.74, 6) is 0. The normalized spacial score (nSPS) is 20.3. The summed E-state index contributed by atoms with van der Waals surface area (Å²) in [4.78, 5) is 0.154. The SMILES string of the molecule is CS(=O)(=O)N1CCN(S(=O)(=O)c2ccccc2)C1c1ccccc1. The predicted molar refractivity (Wildman–Crippen MR) is 91.1 cm³/mol. The highest BCUT2D eigenvalue weighted by Crippen LogP contribution is 2.36. The minimum Gasteiger partial charge on any atom is -0.212 e. The van der Waals surface area contributed by atoms with Crippen LogP contribution in [0.5, 0.6) is 0 Å². The van der Waals surface area contributed by atoms with E-state index in [2.05, 4.69) is 0 Å². The molecule has 128 valence electrons. The number of rotatable bonds is 4. The van der Waals surface area contributed by atoms with Crippen LogP contribution in [0.4, 0.5) is 0 Å². The molecule has 2 aromatic rings. The van der Waals surface area contributed by atoms with Gasteiger partial charge in [-0.05, 0) is 17.7 Å². The molecule has 1 aliphatic rings. The van der Waals surface area contributed by atoms with Gasteiger partial charge < -0.3 is 0 Å². The Morgan fingerprint density at radius 2 is 1.29 bits per heavy atom. The fraction of sp³-hybridized carbons (Fsp3) is 0.250. The summed E-state index contributed by atoms with van der Waals surface area (Å²) < 4.78 is 52.7. The average Bonchev–Trinajstić information content (AvgIpc) is 3.02. The van der Waals surface area contributed by atoms with Gasteiger partial charge in [-0.1, -0.05) is 48.5 Å². The Balaban J connectivity index is 2.10. The Labute approximate surface area is 142 Å². The summed E-state index contributed by atoms with van der Waals surface area (Å²) >= 11 is 0. The van der Waals surface area contributed by atoms with Crippen LogP contribution in [0.1, 0.15) is 11.7 Å². The van der Waals surface area contributed by atoms with Crippen molar-refractivity contribution in [1.82, 2.24) is 8.61 Å². The first-order chi connectivity index (χ1) is 11.3. The molecule has 0 bridgehead atoms. The summed E-state index contributed by atoms with van der Waals surface area (Å²) in [6.45, 7) is 0.244. The van der Waals surface area contributed by atoms with Crippen LogP contribution in [0.25, 0.3) is 0 Å². The van der Waals surface area contributed by atoms with Gasteiger partial charge in [0.05, 0.1) is 11.2 Å². The zero-order valence-electron chi connectivity index (χ0n) is 13.1. The first kappa shape index (κ1) is 17.1. The molecule has 1 aliphatic heterocycles. The van der Waals surface area contributed by atoms with Crippen LogP contribution in [0.3, 0.4) is 0 Å². The highest BCUT2D eigenvalue weighted by Gasteiger charge is 2.44. The molecule has 1 saturated heterocycles. The molecule has 0 aliphatic carbocycles. The van der Waals surface area contributed by atoms with Gasteiger partial charge in [-0.3, -0.25) is 0 Å². The third kappa shape index (κ3) is 3.10. The van der Waals surface area contributed by atoms with Crippen LogP contribution in [0.2, 0.25) is 0 Å². The predicted octanol–water partition coefficient (Wildman–Crippen LogP) is 1.65. The lowest BCUT2D eigenvalue weighted by molar-refractivity contribution is 0.293. The second kappa shape index (κ2) is 6.29. The van der Waals surface area contributed by atoms with Crippen LogP contribution in [0.15, 0.2) is 65.6 Å². The zero-order chi connectivity index (χ0) is 17.4. The molecule has 0 radical (unpaired) electrons. The molecule has 0 saturated carbocycles. The van der Waals surface area contributed by atoms with E-state index in [-0.39, 0.29) is 18.0 Å². The van der Waals surface area contributed by atoms with Crippen LogP contribution < -0.4 is 0 Å². The van der Waals surface area contributed by atoms with Gasteiger partial charge in [-0.25, -0.2) is 16.8 Å². The van der Waals surface area contributed by atoms with Crippen LogP contribution in [0, 0.1) is 0 Å². The van der Waals surface area contributed by atoms with Gasteiger partial charge >= 0.3 is 0 Å². The van der Waals surface area contributed by atoms with Crippen LogP contribution in [-0.4, -0.2) is 44.8 Å². The molecule has 3 rings (SSSR count). The van der Waals surface area contributed by atoms with E-state index in [1.54, 1.807) is 48.5 Å². The first-order valence-corrected chi connectivity index (χ1v) is 10.7. The standard InChI is InChI=1S/C16H18N2O4S2/c1-23(19,20)17-12-13-18(16(17)14-8-4-2-5-9-14)24(21,22)15-10-6-3-7-11-15/h2-11,16H,12-13H2,1H3. The molecule has 1 atom stereocenters. The van der Waals surface area contributed by atoms with Gasteiger partial charge in [-0.15, -0.1) is 0 Å². The first-order valence-electron chi connectivity index (χ1n) is 7.40. The average molecular weight is 366 g/mol. The second-order valence-corrected chi connectivity index (χ2v) is 9.41. The summed E-state index contributed by atoms with van der Waals surface area (Å²) in [5.41, 5.74) is 0.625. The Bertz CT molecular complexity index is 913. The van der Waals surface area contributed by atoms with Gasteiger partial charge in [-0.2, -0.15) is 8.61 Å². The van der Waals surface area contributed by atoms with E-state index in [4.69, 9.17) is 0 Å². The Hall–Kier alpha value is -1.74. The molecule has 0 N–H and O–H groups in total. The summed E-state index contributed by atoms with van der Waals surface area (Å²) in [7, 11) is -7.35. The molecule has 8 heteroatoms. The molecule has 1 fully saturated rings. The van der Waals surface area contributed by atoms with Gasteiger partial charge in [0.1, 0.15) is 6.17 Å². The van der Waals surface area contributed by atoms with E-state index in [1.165, 1.54) is 20.7 Å². The van der Waals surface area contributed by atoms with Crippen molar-refractivity contribution in [3.63, 3.8) is 0 Å².